The summed E-state index contributed by atoms with van der Waals surface area (Å²) in [5.74, 6) is 0.668. The lowest BCUT2D eigenvalue weighted by Gasteiger charge is -2.17. The van der Waals surface area contributed by atoms with E-state index in [9.17, 15) is 5.11 Å². The molecule has 0 aliphatic rings. The van der Waals surface area contributed by atoms with Crippen molar-refractivity contribution in [2.45, 2.75) is 33.3 Å². The fourth-order valence-corrected chi connectivity index (χ4v) is 1.83. The van der Waals surface area contributed by atoms with Gasteiger partial charge in [-0.1, -0.05) is 15.9 Å². The van der Waals surface area contributed by atoms with E-state index in [1.165, 1.54) is 0 Å². The van der Waals surface area contributed by atoms with Gasteiger partial charge in [0.05, 0.1) is 24.2 Å². The van der Waals surface area contributed by atoms with Gasteiger partial charge in [0, 0.05) is 10.0 Å². The number of rotatable bonds is 5. The number of nitriles is 1. The van der Waals surface area contributed by atoms with Crippen molar-refractivity contribution in [3.05, 3.63) is 28.2 Å². The fraction of sp³-hybridized carbons (Fsp3) is 0.500. The van der Waals surface area contributed by atoms with E-state index in [-0.39, 0.29) is 5.41 Å². The zero-order valence-electron chi connectivity index (χ0n) is 10.9. The molecular weight excluding hydrogens is 294 g/mol. The summed E-state index contributed by atoms with van der Waals surface area (Å²) in [6.07, 6.45) is 0.0696. The van der Waals surface area contributed by atoms with Gasteiger partial charge < -0.3 is 9.84 Å². The van der Waals surface area contributed by atoms with Crippen molar-refractivity contribution in [3.63, 3.8) is 0 Å². The highest BCUT2D eigenvalue weighted by Gasteiger charge is 2.17. The lowest BCUT2D eigenvalue weighted by Crippen LogP contribution is -2.13. The normalized spacial score (nSPS) is 12.9. The van der Waals surface area contributed by atoms with Crippen LogP contribution >= 0.6 is 15.9 Å². The first-order valence-electron chi connectivity index (χ1n) is 5.87. The van der Waals surface area contributed by atoms with Crippen LogP contribution in [0.2, 0.25) is 0 Å². The zero-order chi connectivity index (χ0) is 13.8. The summed E-state index contributed by atoms with van der Waals surface area (Å²) in [6, 6.07) is 7.78. The molecule has 0 spiro atoms. The second kappa shape index (κ2) is 6.21. The van der Waals surface area contributed by atoms with Crippen molar-refractivity contribution in [1.82, 2.24) is 0 Å². The molecule has 0 aliphatic heterocycles. The van der Waals surface area contributed by atoms with Crippen molar-refractivity contribution >= 4 is 15.9 Å². The minimum absolute atomic E-state index is 0.389. The third-order valence-corrected chi connectivity index (χ3v) is 3.20. The fourth-order valence-electron chi connectivity index (χ4n) is 1.45. The van der Waals surface area contributed by atoms with Gasteiger partial charge in [-0.2, -0.15) is 5.26 Å². The van der Waals surface area contributed by atoms with Crippen LogP contribution < -0.4 is 4.74 Å². The molecule has 98 valence electrons. The van der Waals surface area contributed by atoms with Crippen LogP contribution in [0.4, 0.5) is 0 Å². The largest absolute Gasteiger partial charge is 0.493 e. The summed E-state index contributed by atoms with van der Waals surface area (Å²) in [5, 5.41) is 18.6. The Morgan fingerprint density at radius 2 is 2.17 bits per heavy atom. The highest BCUT2D eigenvalue weighted by molar-refractivity contribution is 9.10. The minimum Gasteiger partial charge on any atom is -0.493 e. The smallest absolute Gasteiger partial charge is 0.125 e. The predicted octanol–water partition coefficient (Wildman–Crippen LogP) is 3.82. The van der Waals surface area contributed by atoms with Crippen LogP contribution in [0.3, 0.4) is 0 Å². The second-order valence-corrected chi connectivity index (χ2v) is 5.87. The zero-order valence-corrected chi connectivity index (χ0v) is 12.5. The number of benzene rings is 1. The first kappa shape index (κ1) is 15.0. The SMILES string of the molecule is CC(O)c1cc(Br)ccc1OCCC(C)(C)C#N. The molecule has 0 aliphatic carbocycles. The van der Waals surface area contributed by atoms with Gasteiger partial charge in [-0.05, 0) is 45.4 Å². The van der Waals surface area contributed by atoms with Crippen LogP contribution in [0.25, 0.3) is 0 Å². The van der Waals surface area contributed by atoms with Crippen LogP contribution in [-0.2, 0) is 0 Å². The molecule has 1 N–H and O–H groups in total. The van der Waals surface area contributed by atoms with E-state index in [0.29, 0.717) is 18.8 Å². The third kappa shape index (κ3) is 4.32. The molecule has 0 aromatic heterocycles. The summed E-state index contributed by atoms with van der Waals surface area (Å²) < 4.78 is 6.56. The molecule has 0 fully saturated rings. The maximum atomic E-state index is 9.68. The Bertz CT molecular complexity index is 450. The van der Waals surface area contributed by atoms with Crippen LogP contribution in [0.1, 0.15) is 38.9 Å². The average molecular weight is 312 g/mol. The average Bonchev–Trinajstić information content (AvgIpc) is 2.30. The highest BCUT2D eigenvalue weighted by Crippen LogP contribution is 2.29. The Labute approximate surface area is 117 Å². The maximum Gasteiger partial charge on any atom is 0.125 e. The van der Waals surface area contributed by atoms with Gasteiger partial charge in [0.15, 0.2) is 0 Å². The van der Waals surface area contributed by atoms with Gasteiger partial charge >= 0.3 is 0 Å². The molecule has 0 saturated heterocycles. The molecule has 1 unspecified atom stereocenters. The van der Waals surface area contributed by atoms with E-state index < -0.39 is 6.10 Å². The number of ether oxygens (including phenoxy) is 1. The predicted molar refractivity (Wildman–Crippen MR) is 74.3 cm³/mol. The molecule has 0 heterocycles. The molecule has 0 bridgehead atoms. The summed E-state index contributed by atoms with van der Waals surface area (Å²) in [5.41, 5.74) is 0.361. The van der Waals surface area contributed by atoms with Crippen molar-refractivity contribution in [3.8, 4) is 11.8 Å². The number of aliphatic hydroxyl groups excluding tert-OH is 1. The summed E-state index contributed by atoms with van der Waals surface area (Å²) in [4.78, 5) is 0. The van der Waals surface area contributed by atoms with Gasteiger partial charge in [0.2, 0.25) is 0 Å². The summed E-state index contributed by atoms with van der Waals surface area (Å²) >= 11 is 3.37. The molecule has 1 rings (SSSR count). The first-order chi connectivity index (χ1) is 8.35. The minimum atomic E-state index is -0.582. The first-order valence-corrected chi connectivity index (χ1v) is 6.66. The third-order valence-electron chi connectivity index (χ3n) is 2.71. The van der Waals surface area contributed by atoms with E-state index in [2.05, 4.69) is 22.0 Å². The van der Waals surface area contributed by atoms with Crippen molar-refractivity contribution < 1.29 is 9.84 Å². The van der Waals surface area contributed by atoms with Gasteiger partial charge in [-0.15, -0.1) is 0 Å². The monoisotopic (exact) mass is 311 g/mol. The van der Waals surface area contributed by atoms with Crippen molar-refractivity contribution in [1.29, 1.82) is 5.26 Å². The van der Waals surface area contributed by atoms with Crippen molar-refractivity contribution in [2.24, 2.45) is 5.41 Å². The standard InChI is InChI=1S/C14H18BrNO2/c1-10(17)12-8-11(15)4-5-13(12)18-7-6-14(2,3)9-16/h4-5,8,10,17H,6-7H2,1-3H3. The van der Waals surface area contributed by atoms with Gasteiger partial charge in [-0.3, -0.25) is 0 Å². The molecule has 1 aromatic rings. The van der Waals surface area contributed by atoms with Crippen LogP contribution in [0.5, 0.6) is 5.75 Å². The molecule has 0 saturated carbocycles. The van der Waals surface area contributed by atoms with Gasteiger partial charge in [-0.25, -0.2) is 0 Å². The van der Waals surface area contributed by atoms with Crippen LogP contribution in [0.15, 0.2) is 22.7 Å². The molecule has 4 heteroatoms. The molecule has 1 aromatic carbocycles. The Morgan fingerprint density at radius 3 is 2.72 bits per heavy atom. The Balaban J connectivity index is 2.71. The van der Waals surface area contributed by atoms with Crippen LogP contribution in [-0.4, -0.2) is 11.7 Å². The summed E-state index contributed by atoms with van der Waals surface area (Å²) in [7, 11) is 0. The topological polar surface area (TPSA) is 53.2 Å². The Kier molecular flexibility index (Phi) is 5.18. The van der Waals surface area contributed by atoms with Crippen LogP contribution in [0, 0.1) is 16.7 Å². The lowest BCUT2D eigenvalue weighted by atomic mass is 9.92. The molecule has 1 atom stereocenters. The molecule has 0 amide bonds. The van der Waals surface area contributed by atoms with Gasteiger partial charge in [0.25, 0.3) is 0 Å². The highest BCUT2D eigenvalue weighted by atomic mass is 79.9. The second-order valence-electron chi connectivity index (χ2n) is 4.95. The lowest BCUT2D eigenvalue weighted by molar-refractivity contribution is 0.188. The van der Waals surface area contributed by atoms with Gasteiger partial charge in [0.1, 0.15) is 5.75 Å². The number of halogens is 1. The maximum absolute atomic E-state index is 9.68. The van der Waals surface area contributed by atoms with E-state index in [1.54, 1.807) is 6.92 Å². The number of aliphatic hydroxyl groups is 1. The Hall–Kier alpha value is -1.05. The number of hydrogen-bond acceptors (Lipinski definition) is 3. The van der Waals surface area contributed by atoms with E-state index in [1.807, 2.05) is 32.0 Å². The van der Waals surface area contributed by atoms with E-state index >= 15 is 0 Å². The summed E-state index contributed by atoms with van der Waals surface area (Å²) in [6.45, 7) is 5.93. The number of hydrogen-bond donors (Lipinski definition) is 1. The molecule has 3 nitrogen and oxygen atoms in total. The van der Waals surface area contributed by atoms with Crippen molar-refractivity contribution in [2.75, 3.05) is 6.61 Å². The number of nitrogens with zero attached hydrogens (tertiary/aromatic N) is 1. The molecule has 0 radical (unpaired) electrons. The molecule has 18 heavy (non-hydrogen) atoms. The van der Waals surface area contributed by atoms with E-state index in [0.717, 1.165) is 10.0 Å². The molecular formula is C14H18BrNO2. The van der Waals surface area contributed by atoms with E-state index in [4.69, 9.17) is 10.00 Å². The quantitative estimate of drug-likeness (QED) is 0.899. The Morgan fingerprint density at radius 1 is 1.50 bits per heavy atom.